The Morgan fingerprint density at radius 3 is 2.41 bits per heavy atom. The van der Waals surface area contributed by atoms with E-state index in [9.17, 15) is 9.18 Å². The first-order valence-corrected chi connectivity index (χ1v) is 9.33. The topological polar surface area (TPSA) is 39.2 Å². The highest BCUT2D eigenvalue weighted by atomic mass is 19.1. The average molecular weight is 366 g/mol. The lowest BCUT2D eigenvalue weighted by molar-refractivity contribution is -0.134. The van der Waals surface area contributed by atoms with Crippen LogP contribution in [0.1, 0.15) is 18.0 Å². The molecule has 1 amide bonds. The summed E-state index contributed by atoms with van der Waals surface area (Å²) in [6.45, 7) is 3.62. The summed E-state index contributed by atoms with van der Waals surface area (Å²) in [5, 5.41) is 5.94. The lowest BCUT2D eigenvalue weighted by atomic mass is 10.0. The molecule has 2 aromatic carbocycles. The Balaban J connectivity index is 1.33. The lowest BCUT2D eigenvalue weighted by Crippen LogP contribution is -2.49. The molecule has 0 spiro atoms. The molecule has 1 saturated heterocycles. The van der Waals surface area contributed by atoms with E-state index in [0.717, 1.165) is 43.9 Å². The van der Waals surface area contributed by atoms with Gasteiger partial charge in [0.2, 0.25) is 0 Å². The van der Waals surface area contributed by atoms with Crippen molar-refractivity contribution < 1.29 is 9.18 Å². The van der Waals surface area contributed by atoms with Crippen LogP contribution in [-0.4, -0.2) is 54.8 Å². The van der Waals surface area contributed by atoms with Crippen LogP contribution < -0.4 is 4.90 Å². The van der Waals surface area contributed by atoms with Gasteiger partial charge in [-0.3, -0.25) is 9.69 Å². The number of nitrogens with zero attached hydrogens (tertiary/aromatic N) is 4. The van der Waals surface area contributed by atoms with Crippen molar-refractivity contribution in [2.75, 3.05) is 37.6 Å². The minimum absolute atomic E-state index is 0.000737. The maximum atomic E-state index is 13.1. The summed E-state index contributed by atoms with van der Waals surface area (Å²) in [5.41, 5.74) is 2.14. The van der Waals surface area contributed by atoms with Gasteiger partial charge in [-0.1, -0.05) is 30.3 Å². The van der Waals surface area contributed by atoms with Gasteiger partial charge in [0.1, 0.15) is 5.82 Å². The van der Waals surface area contributed by atoms with Crippen molar-refractivity contribution in [1.29, 1.82) is 0 Å². The second-order valence-electron chi connectivity index (χ2n) is 6.94. The van der Waals surface area contributed by atoms with Gasteiger partial charge in [0.05, 0.1) is 12.6 Å². The Hall–Kier alpha value is -2.73. The number of rotatable bonds is 4. The number of hydrazone groups is 1. The van der Waals surface area contributed by atoms with E-state index in [2.05, 4.69) is 14.9 Å². The van der Waals surface area contributed by atoms with Crippen LogP contribution in [0.3, 0.4) is 0 Å². The zero-order valence-corrected chi connectivity index (χ0v) is 15.2. The van der Waals surface area contributed by atoms with E-state index in [0.29, 0.717) is 6.54 Å². The van der Waals surface area contributed by atoms with Gasteiger partial charge in [-0.2, -0.15) is 5.10 Å². The van der Waals surface area contributed by atoms with E-state index < -0.39 is 0 Å². The summed E-state index contributed by atoms with van der Waals surface area (Å²) in [7, 11) is 0. The first-order chi connectivity index (χ1) is 13.2. The van der Waals surface area contributed by atoms with Crippen LogP contribution in [0.2, 0.25) is 0 Å². The number of carbonyl (C=O) groups is 1. The molecule has 1 atom stereocenters. The van der Waals surface area contributed by atoms with Crippen molar-refractivity contribution in [2.24, 2.45) is 5.10 Å². The Morgan fingerprint density at radius 1 is 1.00 bits per heavy atom. The molecule has 0 aliphatic carbocycles. The van der Waals surface area contributed by atoms with E-state index in [1.54, 1.807) is 17.1 Å². The number of halogens is 1. The zero-order valence-electron chi connectivity index (χ0n) is 15.2. The largest absolute Gasteiger partial charge is 0.369 e. The summed E-state index contributed by atoms with van der Waals surface area (Å²) in [6, 6.07) is 16.6. The number of hydrogen-bond donors (Lipinski definition) is 0. The van der Waals surface area contributed by atoms with Crippen LogP contribution in [-0.2, 0) is 4.79 Å². The van der Waals surface area contributed by atoms with Gasteiger partial charge in [0.25, 0.3) is 5.91 Å². The van der Waals surface area contributed by atoms with Gasteiger partial charge in [0, 0.05) is 44.5 Å². The number of benzene rings is 2. The zero-order chi connectivity index (χ0) is 18.6. The minimum atomic E-state index is -0.220. The second-order valence-corrected chi connectivity index (χ2v) is 6.94. The van der Waals surface area contributed by atoms with Gasteiger partial charge < -0.3 is 4.90 Å². The Kier molecular flexibility index (Phi) is 5.16. The molecule has 0 N–H and O–H groups in total. The molecule has 2 heterocycles. The first-order valence-electron chi connectivity index (χ1n) is 9.33. The fourth-order valence-corrected chi connectivity index (χ4v) is 3.69. The Labute approximate surface area is 158 Å². The fourth-order valence-electron chi connectivity index (χ4n) is 3.69. The fraction of sp³-hybridized carbons (Fsp3) is 0.333. The summed E-state index contributed by atoms with van der Waals surface area (Å²) >= 11 is 0. The monoisotopic (exact) mass is 366 g/mol. The molecular weight excluding hydrogens is 343 g/mol. The summed E-state index contributed by atoms with van der Waals surface area (Å²) in [5.74, 6) is -0.185. The predicted molar refractivity (Wildman–Crippen MR) is 104 cm³/mol. The van der Waals surface area contributed by atoms with Gasteiger partial charge in [-0.25, -0.2) is 9.40 Å². The molecule has 0 saturated carbocycles. The van der Waals surface area contributed by atoms with Gasteiger partial charge in [-0.05, 0) is 29.8 Å². The number of carbonyl (C=O) groups excluding carboxylic acids is 1. The molecule has 27 heavy (non-hydrogen) atoms. The second kappa shape index (κ2) is 7.88. The smallest absolute Gasteiger partial charge is 0.257 e. The molecule has 0 aromatic heterocycles. The Morgan fingerprint density at radius 2 is 1.70 bits per heavy atom. The molecular formula is C21H23FN4O. The van der Waals surface area contributed by atoms with Crippen molar-refractivity contribution in [1.82, 2.24) is 9.91 Å². The molecule has 2 aromatic rings. The highest BCUT2D eigenvalue weighted by Crippen LogP contribution is 2.28. The van der Waals surface area contributed by atoms with Crippen LogP contribution in [0.4, 0.5) is 10.1 Å². The maximum absolute atomic E-state index is 13.1. The molecule has 2 aliphatic rings. The van der Waals surface area contributed by atoms with Crippen LogP contribution >= 0.6 is 0 Å². The van der Waals surface area contributed by atoms with Gasteiger partial charge >= 0.3 is 0 Å². The van der Waals surface area contributed by atoms with Crippen molar-refractivity contribution in [3.05, 3.63) is 66.0 Å². The van der Waals surface area contributed by atoms with Crippen LogP contribution in [0.15, 0.2) is 59.7 Å². The third-order valence-electron chi connectivity index (χ3n) is 5.19. The molecule has 2 aliphatic heterocycles. The Bertz CT molecular complexity index is 801. The third-order valence-corrected chi connectivity index (χ3v) is 5.19. The molecule has 6 heteroatoms. The van der Waals surface area contributed by atoms with E-state index in [-0.39, 0.29) is 17.8 Å². The molecule has 0 bridgehead atoms. The number of hydrogen-bond acceptors (Lipinski definition) is 4. The maximum Gasteiger partial charge on any atom is 0.257 e. The molecule has 0 radical (unpaired) electrons. The minimum Gasteiger partial charge on any atom is -0.369 e. The predicted octanol–water partition coefficient (Wildman–Crippen LogP) is 2.91. The molecule has 140 valence electrons. The summed E-state index contributed by atoms with van der Waals surface area (Å²) < 4.78 is 13.1. The summed E-state index contributed by atoms with van der Waals surface area (Å²) in [6.07, 6.45) is 2.58. The van der Waals surface area contributed by atoms with Crippen molar-refractivity contribution in [3.8, 4) is 0 Å². The lowest BCUT2D eigenvalue weighted by Gasteiger charge is -2.36. The van der Waals surface area contributed by atoms with E-state index in [1.807, 2.05) is 36.5 Å². The van der Waals surface area contributed by atoms with E-state index >= 15 is 0 Å². The van der Waals surface area contributed by atoms with Crippen molar-refractivity contribution >= 4 is 17.8 Å². The van der Waals surface area contributed by atoms with Crippen LogP contribution in [0.5, 0.6) is 0 Å². The first kappa shape index (κ1) is 17.7. The van der Waals surface area contributed by atoms with E-state index in [4.69, 9.17) is 0 Å². The molecule has 4 rings (SSSR count). The molecule has 5 nitrogen and oxygen atoms in total. The third kappa shape index (κ3) is 4.01. The van der Waals surface area contributed by atoms with Crippen LogP contribution in [0, 0.1) is 5.82 Å². The normalized spacial score (nSPS) is 20.3. The summed E-state index contributed by atoms with van der Waals surface area (Å²) in [4.78, 5) is 17.2. The highest BCUT2D eigenvalue weighted by molar-refractivity contribution is 5.81. The van der Waals surface area contributed by atoms with E-state index in [1.165, 1.54) is 12.1 Å². The molecule has 0 unspecified atom stereocenters. The average Bonchev–Trinajstić information content (AvgIpc) is 3.20. The number of piperazine rings is 1. The SMILES string of the molecule is O=C(CN1CCN(c2ccc(F)cc2)CC1)N1N=CC[C@H]1c1ccccc1. The standard InChI is InChI=1S/C21H23FN4O/c22-18-6-8-19(9-7-18)25-14-12-24(13-15-25)16-21(27)26-20(10-11-23-26)17-4-2-1-3-5-17/h1-9,11,20H,10,12-16H2/t20-/m0/s1. The van der Waals surface area contributed by atoms with Gasteiger partial charge in [-0.15, -0.1) is 0 Å². The number of amides is 1. The van der Waals surface area contributed by atoms with Crippen molar-refractivity contribution in [2.45, 2.75) is 12.5 Å². The van der Waals surface area contributed by atoms with Crippen LogP contribution in [0.25, 0.3) is 0 Å². The highest BCUT2D eigenvalue weighted by Gasteiger charge is 2.29. The van der Waals surface area contributed by atoms with Gasteiger partial charge in [0.15, 0.2) is 0 Å². The number of anilines is 1. The van der Waals surface area contributed by atoms with Crippen molar-refractivity contribution in [3.63, 3.8) is 0 Å². The quantitative estimate of drug-likeness (QED) is 0.835. The molecule has 1 fully saturated rings.